The second-order valence-electron chi connectivity index (χ2n) is 4.29. The van der Waals surface area contributed by atoms with Crippen LogP contribution in [0, 0.1) is 18.2 Å². The average molecular weight is 338 g/mol. The van der Waals surface area contributed by atoms with E-state index in [2.05, 4.69) is 15.6 Å². The normalized spacial score (nSPS) is 10.8. The Labute approximate surface area is 131 Å². The molecule has 9 heteroatoms. The van der Waals surface area contributed by atoms with Gasteiger partial charge in [-0.05, 0) is 18.2 Å². The Morgan fingerprint density at radius 3 is 2.78 bits per heavy atom. The van der Waals surface area contributed by atoms with Crippen LogP contribution in [0.4, 0.5) is 10.1 Å². The van der Waals surface area contributed by atoms with Gasteiger partial charge in [0.15, 0.2) is 0 Å². The highest BCUT2D eigenvalue weighted by Gasteiger charge is 2.20. The third kappa shape index (κ3) is 3.81. The maximum absolute atomic E-state index is 13.3. The summed E-state index contributed by atoms with van der Waals surface area (Å²) in [5, 5.41) is 8.80. The Morgan fingerprint density at radius 2 is 2.17 bits per heavy atom. The number of halogens is 1. The summed E-state index contributed by atoms with van der Waals surface area (Å²) in [6.45, 7) is -0.131. The molecule has 0 unspecified atom stereocenters. The van der Waals surface area contributed by atoms with Gasteiger partial charge in [-0.15, -0.1) is 6.42 Å². The van der Waals surface area contributed by atoms with Gasteiger partial charge < -0.3 is 14.8 Å². The number of aromatic amines is 1. The van der Waals surface area contributed by atoms with Gasteiger partial charge in [-0.2, -0.15) is 0 Å². The quantitative estimate of drug-likeness (QED) is 0.694. The number of benzene rings is 1. The molecule has 0 aliphatic carbocycles. The van der Waals surface area contributed by atoms with Crippen LogP contribution in [0.25, 0.3) is 0 Å². The maximum Gasteiger partial charge on any atom is 0.352 e. The zero-order chi connectivity index (χ0) is 17.0. The molecule has 0 atom stereocenters. The summed E-state index contributed by atoms with van der Waals surface area (Å²) >= 11 is 0. The smallest absolute Gasteiger partial charge is 0.352 e. The number of aromatic nitrogens is 1. The van der Waals surface area contributed by atoms with E-state index in [0.717, 1.165) is 24.4 Å². The van der Waals surface area contributed by atoms with Gasteiger partial charge in [0.2, 0.25) is 0 Å². The summed E-state index contributed by atoms with van der Waals surface area (Å²) in [5.74, 6) is 0.254. The minimum absolute atomic E-state index is 0.0434. The first-order valence-corrected chi connectivity index (χ1v) is 7.62. The fourth-order valence-corrected chi connectivity index (χ4v) is 2.74. The number of carboxylic acid groups (broad SMARTS) is 1. The SMILES string of the molecule is C#CCOc1ccc(F)cc1NS(=O)(=O)c1c[nH]c(C(=O)O)c1. The molecule has 2 aromatic rings. The van der Waals surface area contributed by atoms with Crippen LogP contribution < -0.4 is 9.46 Å². The van der Waals surface area contributed by atoms with E-state index >= 15 is 0 Å². The summed E-state index contributed by atoms with van der Waals surface area (Å²) in [7, 11) is -4.13. The molecule has 0 amide bonds. The number of carboxylic acids is 1. The van der Waals surface area contributed by atoms with Gasteiger partial charge in [0.25, 0.3) is 10.0 Å². The van der Waals surface area contributed by atoms with E-state index in [-0.39, 0.29) is 28.6 Å². The molecule has 0 saturated carbocycles. The third-order valence-electron chi connectivity index (χ3n) is 2.69. The van der Waals surface area contributed by atoms with Crippen LogP contribution in [0.3, 0.4) is 0 Å². The number of ether oxygens (including phenoxy) is 1. The van der Waals surface area contributed by atoms with Crippen molar-refractivity contribution in [3.8, 4) is 18.1 Å². The number of hydrogen-bond donors (Lipinski definition) is 3. The van der Waals surface area contributed by atoms with Crippen molar-refractivity contribution in [2.24, 2.45) is 0 Å². The van der Waals surface area contributed by atoms with Crippen molar-refractivity contribution in [2.75, 3.05) is 11.3 Å². The fourth-order valence-electron chi connectivity index (χ4n) is 1.68. The van der Waals surface area contributed by atoms with Gasteiger partial charge in [-0.1, -0.05) is 5.92 Å². The van der Waals surface area contributed by atoms with E-state index in [9.17, 15) is 17.6 Å². The van der Waals surface area contributed by atoms with Crippen LogP contribution in [0.15, 0.2) is 35.4 Å². The predicted octanol–water partition coefficient (Wildman–Crippen LogP) is 1.66. The Balaban J connectivity index is 2.34. The molecule has 0 bridgehead atoms. The number of nitrogens with one attached hydrogen (secondary N) is 2. The topological polar surface area (TPSA) is 108 Å². The van der Waals surface area contributed by atoms with E-state index in [0.29, 0.717) is 0 Å². The van der Waals surface area contributed by atoms with Crippen LogP contribution in [-0.4, -0.2) is 31.1 Å². The first-order chi connectivity index (χ1) is 10.8. The highest BCUT2D eigenvalue weighted by molar-refractivity contribution is 7.92. The maximum atomic E-state index is 13.3. The molecule has 1 heterocycles. The molecular weight excluding hydrogens is 327 g/mol. The summed E-state index contributed by atoms with van der Waals surface area (Å²) in [5.41, 5.74) is -0.452. The summed E-state index contributed by atoms with van der Waals surface area (Å²) < 4.78 is 45.1. The molecule has 0 aliphatic rings. The van der Waals surface area contributed by atoms with E-state index in [1.807, 2.05) is 0 Å². The number of rotatable bonds is 6. The van der Waals surface area contributed by atoms with Crippen molar-refractivity contribution in [2.45, 2.75) is 4.90 Å². The van der Waals surface area contributed by atoms with Gasteiger partial charge in [-0.25, -0.2) is 17.6 Å². The van der Waals surface area contributed by atoms with Crippen LogP contribution in [0.5, 0.6) is 5.75 Å². The highest BCUT2D eigenvalue weighted by Crippen LogP contribution is 2.28. The first-order valence-electron chi connectivity index (χ1n) is 6.14. The van der Waals surface area contributed by atoms with Crippen molar-refractivity contribution >= 4 is 21.7 Å². The molecule has 0 radical (unpaired) electrons. The summed E-state index contributed by atoms with van der Waals surface area (Å²) in [4.78, 5) is 12.8. The monoisotopic (exact) mass is 338 g/mol. The number of hydrogen-bond acceptors (Lipinski definition) is 4. The van der Waals surface area contributed by atoms with Gasteiger partial charge >= 0.3 is 5.97 Å². The van der Waals surface area contributed by atoms with Gasteiger partial charge in [0.1, 0.15) is 28.8 Å². The van der Waals surface area contributed by atoms with Crippen molar-refractivity contribution < 1.29 is 27.4 Å². The molecule has 0 aliphatic heterocycles. The van der Waals surface area contributed by atoms with E-state index in [1.165, 1.54) is 6.07 Å². The summed E-state index contributed by atoms with van der Waals surface area (Å²) in [6.07, 6.45) is 6.07. The van der Waals surface area contributed by atoms with Gasteiger partial charge in [-0.3, -0.25) is 4.72 Å². The zero-order valence-corrected chi connectivity index (χ0v) is 12.4. The van der Waals surface area contributed by atoms with E-state index in [1.54, 1.807) is 0 Å². The lowest BCUT2D eigenvalue weighted by Crippen LogP contribution is -2.13. The molecule has 0 saturated heterocycles. The number of sulfonamides is 1. The largest absolute Gasteiger partial charge is 0.479 e. The molecule has 0 spiro atoms. The summed E-state index contributed by atoms with van der Waals surface area (Å²) in [6, 6.07) is 4.17. The Morgan fingerprint density at radius 1 is 1.43 bits per heavy atom. The lowest BCUT2D eigenvalue weighted by atomic mass is 10.3. The van der Waals surface area contributed by atoms with Crippen LogP contribution in [0.2, 0.25) is 0 Å². The van der Waals surface area contributed by atoms with Crippen molar-refractivity contribution in [1.82, 2.24) is 4.98 Å². The van der Waals surface area contributed by atoms with Crippen LogP contribution >= 0.6 is 0 Å². The number of H-pyrrole nitrogens is 1. The number of anilines is 1. The second-order valence-corrected chi connectivity index (χ2v) is 5.98. The molecular formula is C14H11FN2O5S. The number of aromatic carboxylic acids is 1. The van der Waals surface area contributed by atoms with E-state index in [4.69, 9.17) is 16.3 Å². The minimum atomic E-state index is -4.13. The standard InChI is InChI=1S/C14H11FN2O5S/c1-2-5-22-13-4-3-9(15)6-11(13)17-23(20,21)10-7-12(14(18)19)16-8-10/h1,3-4,6-8,16-17H,5H2,(H,18,19). The Hall–Kier alpha value is -2.99. The Kier molecular flexibility index (Phi) is 4.57. The fraction of sp³-hybridized carbons (Fsp3) is 0.0714. The van der Waals surface area contributed by atoms with Crippen LogP contribution in [-0.2, 0) is 10.0 Å². The Bertz CT molecular complexity index is 883. The molecule has 0 fully saturated rings. The van der Waals surface area contributed by atoms with Crippen molar-refractivity contribution in [3.05, 3.63) is 42.0 Å². The van der Waals surface area contributed by atoms with Crippen molar-refractivity contribution in [3.63, 3.8) is 0 Å². The average Bonchev–Trinajstić information content (AvgIpc) is 2.97. The molecule has 23 heavy (non-hydrogen) atoms. The van der Waals surface area contributed by atoms with Crippen LogP contribution in [0.1, 0.15) is 10.5 Å². The number of terminal acetylenes is 1. The van der Waals surface area contributed by atoms with E-state index < -0.39 is 21.8 Å². The lowest BCUT2D eigenvalue weighted by molar-refractivity contribution is 0.0691. The molecule has 1 aromatic carbocycles. The molecule has 3 N–H and O–H groups in total. The molecule has 1 aromatic heterocycles. The molecule has 2 rings (SSSR count). The zero-order valence-electron chi connectivity index (χ0n) is 11.5. The highest BCUT2D eigenvalue weighted by atomic mass is 32.2. The van der Waals surface area contributed by atoms with Crippen molar-refractivity contribution in [1.29, 1.82) is 0 Å². The lowest BCUT2D eigenvalue weighted by Gasteiger charge is -2.12. The molecule has 7 nitrogen and oxygen atoms in total. The third-order valence-corrected chi connectivity index (χ3v) is 4.04. The first kappa shape index (κ1) is 16.4. The number of carbonyl (C=O) groups is 1. The minimum Gasteiger partial charge on any atom is -0.479 e. The molecule has 120 valence electrons. The van der Waals surface area contributed by atoms with Gasteiger partial charge in [0.05, 0.1) is 5.69 Å². The predicted molar refractivity (Wildman–Crippen MR) is 79.3 cm³/mol. The second kappa shape index (κ2) is 6.41. The van der Waals surface area contributed by atoms with Gasteiger partial charge in [0, 0.05) is 12.3 Å².